The summed E-state index contributed by atoms with van der Waals surface area (Å²) in [7, 11) is 0. The summed E-state index contributed by atoms with van der Waals surface area (Å²) in [5.74, 6) is -0.0903. The Bertz CT molecular complexity index is 172. The maximum absolute atomic E-state index is 11.3. The summed E-state index contributed by atoms with van der Waals surface area (Å²) in [6.45, 7) is 8.27. The standard InChI is InChI=1S/C9H14O2/c1-4-9(5-2)7(3)6-11-8(9)10/h3-6H2,1-2H3. The van der Waals surface area contributed by atoms with Gasteiger partial charge in [0, 0.05) is 0 Å². The Kier molecular flexibility index (Phi) is 2.03. The molecule has 2 nitrogen and oxygen atoms in total. The molecule has 0 atom stereocenters. The average Bonchev–Trinajstić information content (AvgIpc) is 2.29. The molecule has 0 amide bonds. The van der Waals surface area contributed by atoms with Crippen LogP contribution in [0.5, 0.6) is 0 Å². The van der Waals surface area contributed by atoms with E-state index in [4.69, 9.17) is 4.74 Å². The molecule has 1 aliphatic rings. The molecule has 1 aliphatic heterocycles. The minimum atomic E-state index is -0.361. The van der Waals surface area contributed by atoms with Gasteiger partial charge in [-0.2, -0.15) is 0 Å². The molecule has 2 heteroatoms. The van der Waals surface area contributed by atoms with Gasteiger partial charge in [0.2, 0.25) is 0 Å². The van der Waals surface area contributed by atoms with Gasteiger partial charge in [0.15, 0.2) is 0 Å². The lowest BCUT2D eigenvalue weighted by Gasteiger charge is -2.21. The van der Waals surface area contributed by atoms with Crippen LogP contribution in [0.25, 0.3) is 0 Å². The van der Waals surface area contributed by atoms with Gasteiger partial charge in [-0.1, -0.05) is 20.4 Å². The lowest BCUT2D eigenvalue weighted by Crippen LogP contribution is -2.25. The lowest BCUT2D eigenvalue weighted by atomic mass is 9.78. The Hall–Kier alpha value is -0.790. The summed E-state index contributed by atoms with van der Waals surface area (Å²) in [6, 6.07) is 0. The summed E-state index contributed by atoms with van der Waals surface area (Å²) in [5.41, 5.74) is 0.576. The molecule has 1 saturated heterocycles. The highest BCUT2D eigenvalue weighted by atomic mass is 16.5. The molecule has 0 aliphatic carbocycles. The largest absolute Gasteiger partial charge is 0.460 e. The van der Waals surface area contributed by atoms with Gasteiger partial charge in [-0.05, 0) is 18.4 Å². The van der Waals surface area contributed by atoms with E-state index in [-0.39, 0.29) is 11.4 Å². The molecule has 0 radical (unpaired) electrons. The molecule has 1 rings (SSSR count). The van der Waals surface area contributed by atoms with Crippen LogP contribution in [0.1, 0.15) is 26.7 Å². The highest BCUT2D eigenvalue weighted by Gasteiger charge is 2.44. The molecule has 0 aromatic heterocycles. The van der Waals surface area contributed by atoms with Crippen LogP contribution < -0.4 is 0 Å². The topological polar surface area (TPSA) is 26.3 Å². The number of carbonyl (C=O) groups is 1. The number of carbonyl (C=O) groups excluding carboxylic acids is 1. The van der Waals surface area contributed by atoms with Crippen molar-refractivity contribution in [3.63, 3.8) is 0 Å². The molecule has 1 fully saturated rings. The van der Waals surface area contributed by atoms with Crippen molar-refractivity contribution in [2.24, 2.45) is 5.41 Å². The van der Waals surface area contributed by atoms with Crippen LogP contribution in [-0.4, -0.2) is 12.6 Å². The zero-order chi connectivity index (χ0) is 8.48. The van der Waals surface area contributed by atoms with Crippen molar-refractivity contribution in [2.45, 2.75) is 26.7 Å². The molecule has 0 unspecified atom stereocenters. The number of rotatable bonds is 2. The first-order valence-electron chi connectivity index (χ1n) is 4.03. The van der Waals surface area contributed by atoms with Crippen LogP contribution >= 0.6 is 0 Å². The third kappa shape index (κ3) is 0.971. The fourth-order valence-electron chi connectivity index (χ4n) is 1.61. The maximum Gasteiger partial charge on any atom is 0.316 e. The Balaban J connectivity index is 2.94. The van der Waals surface area contributed by atoms with E-state index < -0.39 is 0 Å². The molecular weight excluding hydrogens is 140 g/mol. The van der Waals surface area contributed by atoms with E-state index in [1.807, 2.05) is 13.8 Å². The predicted octanol–water partition coefficient (Wildman–Crippen LogP) is 1.91. The van der Waals surface area contributed by atoms with Crippen LogP contribution in [0.3, 0.4) is 0 Å². The van der Waals surface area contributed by atoms with Crippen molar-refractivity contribution in [2.75, 3.05) is 6.61 Å². The fraction of sp³-hybridized carbons (Fsp3) is 0.667. The predicted molar refractivity (Wildman–Crippen MR) is 43.1 cm³/mol. The van der Waals surface area contributed by atoms with Crippen LogP contribution in [0, 0.1) is 5.41 Å². The van der Waals surface area contributed by atoms with E-state index >= 15 is 0 Å². The first-order valence-corrected chi connectivity index (χ1v) is 4.03. The number of hydrogen-bond donors (Lipinski definition) is 0. The second kappa shape index (κ2) is 2.68. The first kappa shape index (κ1) is 8.31. The highest BCUT2D eigenvalue weighted by molar-refractivity contribution is 5.83. The molecule has 1 heterocycles. The van der Waals surface area contributed by atoms with Crippen molar-refractivity contribution < 1.29 is 9.53 Å². The molecule has 62 valence electrons. The summed E-state index contributed by atoms with van der Waals surface area (Å²) in [4.78, 5) is 11.3. The normalized spacial score (nSPS) is 22.0. The summed E-state index contributed by atoms with van der Waals surface area (Å²) in [5, 5.41) is 0. The molecule has 0 spiro atoms. The van der Waals surface area contributed by atoms with E-state index in [1.54, 1.807) is 0 Å². The Morgan fingerprint density at radius 1 is 1.55 bits per heavy atom. The zero-order valence-electron chi connectivity index (χ0n) is 7.14. The van der Waals surface area contributed by atoms with E-state index in [0.29, 0.717) is 6.61 Å². The lowest BCUT2D eigenvalue weighted by molar-refractivity contribution is -0.146. The Labute approximate surface area is 67.2 Å². The summed E-state index contributed by atoms with van der Waals surface area (Å²) < 4.78 is 4.92. The third-order valence-corrected chi connectivity index (χ3v) is 2.65. The fourth-order valence-corrected chi connectivity index (χ4v) is 1.61. The second-order valence-corrected chi connectivity index (χ2v) is 2.97. The van der Waals surface area contributed by atoms with E-state index in [0.717, 1.165) is 18.4 Å². The molecule has 0 bridgehead atoms. The van der Waals surface area contributed by atoms with Gasteiger partial charge in [0.25, 0.3) is 0 Å². The summed E-state index contributed by atoms with van der Waals surface area (Å²) in [6.07, 6.45) is 1.61. The Morgan fingerprint density at radius 3 is 2.27 bits per heavy atom. The van der Waals surface area contributed by atoms with Crippen LogP contribution in [0.2, 0.25) is 0 Å². The minimum absolute atomic E-state index is 0.0903. The average molecular weight is 154 g/mol. The van der Waals surface area contributed by atoms with Crippen molar-refractivity contribution in [1.82, 2.24) is 0 Å². The van der Waals surface area contributed by atoms with Gasteiger partial charge in [0.05, 0.1) is 5.41 Å². The molecule has 0 N–H and O–H groups in total. The van der Waals surface area contributed by atoms with Gasteiger partial charge in [-0.15, -0.1) is 0 Å². The van der Waals surface area contributed by atoms with E-state index in [9.17, 15) is 4.79 Å². The van der Waals surface area contributed by atoms with Gasteiger partial charge in [-0.3, -0.25) is 4.79 Å². The van der Waals surface area contributed by atoms with Crippen molar-refractivity contribution in [1.29, 1.82) is 0 Å². The van der Waals surface area contributed by atoms with E-state index in [1.165, 1.54) is 0 Å². The van der Waals surface area contributed by atoms with Gasteiger partial charge >= 0.3 is 5.97 Å². The SMILES string of the molecule is C=C1COC(=O)C1(CC)CC. The zero-order valence-corrected chi connectivity index (χ0v) is 7.14. The smallest absolute Gasteiger partial charge is 0.316 e. The van der Waals surface area contributed by atoms with Gasteiger partial charge < -0.3 is 4.74 Å². The van der Waals surface area contributed by atoms with Crippen molar-refractivity contribution in [3.05, 3.63) is 12.2 Å². The van der Waals surface area contributed by atoms with Gasteiger partial charge in [-0.25, -0.2) is 0 Å². The molecule has 0 aromatic rings. The summed E-state index contributed by atoms with van der Waals surface area (Å²) >= 11 is 0. The van der Waals surface area contributed by atoms with Crippen molar-refractivity contribution in [3.8, 4) is 0 Å². The second-order valence-electron chi connectivity index (χ2n) is 2.97. The number of hydrogen-bond acceptors (Lipinski definition) is 2. The van der Waals surface area contributed by atoms with Gasteiger partial charge in [0.1, 0.15) is 6.61 Å². The molecule has 0 aromatic carbocycles. The van der Waals surface area contributed by atoms with Crippen LogP contribution in [0.15, 0.2) is 12.2 Å². The highest BCUT2D eigenvalue weighted by Crippen LogP contribution is 2.40. The molecule has 0 saturated carbocycles. The number of esters is 1. The van der Waals surface area contributed by atoms with Crippen molar-refractivity contribution >= 4 is 5.97 Å². The third-order valence-electron chi connectivity index (χ3n) is 2.65. The minimum Gasteiger partial charge on any atom is -0.460 e. The molecule has 11 heavy (non-hydrogen) atoms. The number of ether oxygens (including phenoxy) is 1. The Morgan fingerprint density at radius 2 is 2.09 bits per heavy atom. The molecular formula is C9H14O2. The van der Waals surface area contributed by atoms with Crippen LogP contribution in [0.4, 0.5) is 0 Å². The maximum atomic E-state index is 11.3. The van der Waals surface area contributed by atoms with E-state index in [2.05, 4.69) is 6.58 Å². The number of cyclic esters (lactones) is 1. The quantitative estimate of drug-likeness (QED) is 0.448. The first-order chi connectivity index (χ1) is 5.17. The van der Waals surface area contributed by atoms with Crippen LogP contribution in [-0.2, 0) is 9.53 Å². The monoisotopic (exact) mass is 154 g/mol.